The molecule has 2 heterocycles. The maximum Gasteiger partial charge on any atom is 0.0726 e. The molecule has 0 saturated carbocycles. The first-order valence-electron chi connectivity index (χ1n) is 6.61. The molecule has 18 heavy (non-hydrogen) atoms. The van der Waals surface area contributed by atoms with E-state index in [4.69, 9.17) is 11.6 Å². The van der Waals surface area contributed by atoms with Gasteiger partial charge in [-0.25, -0.2) is 0 Å². The van der Waals surface area contributed by atoms with Gasteiger partial charge in [-0.1, -0.05) is 12.5 Å². The molecule has 0 nitrogen and oxygen atoms in total. The molecule has 1 atom stereocenters. The van der Waals surface area contributed by atoms with E-state index in [1.165, 1.54) is 41.9 Å². The van der Waals surface area contributed by atoms with Gasteiger partial charge in [-0.15, -0.1) is 34.3 Å². The van der Waals surface area contributed by atoms with E-state index in [-0.39, 0.29) is 5.38 Å². The SMILES string of the molecule is ClC(Cc1cccs1)c1cc2c(s1)CCCCC2. The molecular weight excluding hydrogens is 280 g/mol. The van der Waals surface area contributed by atoms with Crippen molar-refractivity contribution in [1.82, 2.24) is 0 Å². The van der Waals surface area contributed by atoms with E-state index in [1.807, 2.05) is 11.3 Å². The molecule has 0 fully saturated rings. The lowest BCUT2D eigenvalue weighted by molar-refractivity contribution is 0.712. The third-order valence-corrected chi connectivity index (χ3v) is 6.30. The number of alkyl halides is 1. The van der Waals surface area contributed by atoms with Gasteiger partial charge in [0, 0.05) is 21.1 Å². The maximum atomic E-state index is 6.58. The van der Waals surface area contributed by atoms with Crippen LogP contribution in [0.1, 0.15) is 44.8 Å². The number of halogens is 1. The average molecular weight is 297 g/mol. The molecule has 0 bridgehead atoms. The first-order valence-corrected chi connectivity index (χ1v) is 8.74. The normalized spacial score (nSPS) is 17.2. The first-order chi connectivity index (χ1) is 8.83. The zero-order valence-corrected chi connectivity index (χ0v) is 12.7. The molecule has 96 valence electrons. The first kappa shape index (κ1) is 12.7. The van der Waals surface area contributed by atoms with Gasteiger partial charge in [0.05, 0.1) is 5.38 Å². The van der Waals surface area contributed by atoms with Crippen molar-refractivity contribution in [2.75, 3.05) is 0 Å². The van der Waals surface area contributed by atoms with Crippen molar-refractivity contribution in [2.24, 2.45) is 0 Å². The molecular formula is C15H17ClS2. The predicted octanol–water partition coefficient (Wildman–Crippen LogP) is 5.60. The molecule has 1 aliphatic rings. The van der Waals surface area contributed by atoms with E-state index in [0.717, 1.165) is 6.42 Å². The quantitative estimate of drug-likeness (QED) is 0.511. The van der Waals surface area contributed by atoms with Gasteiger partial charge in [-0.05, 0) is 48.8 Å². The van der Waals surface area contributed by atoms with Crippen molar-refractivity contribution < 1.29 is 0 Å². The Morgan fingerprint density at radius 1 is 1.22 bits per heavy atom. The van der Waals surface area contributed by atoms with Crippen LogP contribution < -0.4 is 0 Å². The highest BCUT2D eigenvalue weighted by atomic mass is 35.5. The Labute approximate surface area is 122 Å². The molecule has 2 aromatic heterocycles. The molecule has 0 aromatic carbocycles. The van der Waals surface area contributed by atoms with Crippen LogP contribution >= 0.6 is 34.3 Å². The Morgan fingerprint density at radius 3 is 2.94 bits per heavy atom. The molecule has 0 spiro atoms. The summed E-state index contributed by atoms with van der Waals surface area (Å²) in [5.41, 5.74) is 1.57. The molecule has 0 saturated heterocycles. The second kappa shape index (κ2) is 5.77. The minimum absolute atomic E-state index is 0.153. The summed E-state index contributed by atoms with van der Waals surface area (Å²) < 4.78 is 0. The van der Waals surface area contributed by atoms with Crippen LogP contribution in [0.15, 0.2) is 23.6 Å². The summed E-state index contributed by atoms with van der Waals surface area (Å²) >= 11 is 10.3. The summed E-state index contributed by atoms with van der Waals surface area (Å²) in [4.78, 5) is 4.36. The Kier molecular flexibility index (Phi) is 4.07. The molecule has 0 N–H and O–H groups in total. The monoisotopic (exact) mass is 296 g/mol. The number of aryl methyl sites for hydroxylation is 2. The Bertz CT molecular complexity index is 475. The molecule has 1 unspecified atom stereocenters. The number of rotatable bonds is 3. The lowest BCUT2D eigenvalue weighted by atomic mass is 10.1. The molecule has 0 amide bonds. The van der Waals surface area contributed by atoms with Gasteiger partial charge in [0.15, 0.2) is 0 Å². The van der Waals surface area contributed by atoms with Crippen molar-refractivity contribution in [1.29, 1.82) is 0 Å². The van der Waals surface area contributed by atoms with Gasteiger partial charge in [0.2, 0.25) is 0 Å². The van der Waals surface area contributed by atoms with Crippen molar-refractivity contribution >= 4 is 34.3 Å². The zero-order chi connectivity index (χ0) is 12.4. The van der Waals surface area contributed by atoms with Crippen LogP contribution in [0.2, 0.25) is 0 Å². The van der Waals surface area contributed by atoms with Gasteiger partial charge < -0.3 is 0 Å². The molecule has 0 radical (unpaired) electrons. The van der Waals surface area contributed by atoms with Gasteiger partial charge in [-0.2, -0.15) is 0 Å². The minimum atomic E-state index is 0.153. The topological polar surface area (TPSA) is 0 Å². The van der Waals surface area contributed by atoms with Crippen LogP contribution in [-0.2, 0) is 19.3 Å². The lowest BCUT2D eigenvalue weighted by Gasteiger charge is -2.05. The fourth-order valence-corrected chi connectivity index (χ4v) is 4.99. The summed E-state index contributed by atoms with van der Waals surface area (Å²) in [7, 11) is 0. The van der Waals surface area contributed by atoms with Gasteiger partial charge in [0.25, 0.3) is 0 Å². The zero-order valence-electron chi connectivity index (χ0n) is 10.3. The number of fused-ring (bicyclic) bond motifs is 1. The number of hydrogen-bond donors (Lipinski definition) is 0. The van der Waals surface area contributed by atoms with Crippen molar-refractivity contribution in [3.05, 3.63) is 43.8 Å². The van der Waals surface area contributed by atoms with E-state index in [2.05, 4.69) is 23.6 Å². The second-order valence-electron chi connectivity index (χ2n) is 4.91. The van der Waals surface area contributed by atoms with Crippen LogP contribution in [0.4, 0.5) is 0 Å². The highest BCUT2D eigenvalue weighted by molar-refractivity contribution is 7.12. The van der Waals surface area contributed by atoms with E-state index in [0.29, 0.717) is 0 Å². The Balaban J connectivity index is 1.76. The van der Waals surface area contributed by atoms with Crippen LogP contribution in [0.5, 0.6) is 0 Å². The third-order valence-electron chi connectivity index (χ3n) is 3.53. The van der Waals surface area contributed by atoms with E-state index in [1.54, 1.807) is 21.8 Å². The summed E-state index contributed by atoms with van der Waals surface area (Å²) in [5.74, 6) is 0. The predicted molar refractivity (Wildman–Crippen MR) is 82.2 cm³/mol. The average Bonchev–Trinajstić information content (AvgIpc) is 2.95. The van der Waals surface area contributed by atoms with Gasteiger partial charge in [-0.3, -0.25) is 0 Å². The minimum Gasteiger partial charge on any atom is -0.149 e. The number of thiophene rings is 2. The molecule has 0 aliphatic heterocycles. The molecule has 2 aromatic rings. The smallest absolute Gasteiger partial charge is 0.0726 e. The van der Waals surface area contributed by atoms with Crippen LogP contribution in [0.25, 0.3) is 0 Å². The van der Waals surface area contributed by atoms with Gasteiger partial charge >= 0.3 is 0 Å². The number of hydrogen-bond acceptors (Lipinski definition) is 2. The van der Waals surface area contributed by atoms with Crippen LogP contribution in [-0.4, -0.2) is 0 Å². The van der Waals surface area contributed by atoms with Crippen molar-refractivity contribution in [2.45, 2.75) is 43.9 Å². The lowest BCUT2D eigenvalue weighted by Crippen LogP contribution is -1.90. The summed E-state index contributed by atoms with van der Waals surface area (Å²) in [5, 5.41) is 2.28. The Hall–Kier alpha value is -0.310. The molecule has 1 aliphatic carbocycles. The molecule has 3 rings (SSSR count). The third kappa shape index (κ3) is 2.81. The fourth-order valence-electron chi connectivity index (χ4n) is 2.55. The highest BCUT2D eigenvalue weighted by Crippen LogP contribution is 2.36. The fraction of sp³-hybridized carbons (Fsp3) is 0.467. The van der Waals surface area contributed by atoms with Crippen molar-refractivity contribution in [3.8, 4) is 0 Å². The summed E-state index contributed by atoms with van der Waals surface area (Å²) in [6, 6.07) is 6.66. The second-order valence-corrected chi connectivity index (χ2v) is 7.64. The molecule has 3 heteroatoms. The Morgan fingerprint density at radius 2 is 2.11 bits per heavy atom. The van der Waals surface area contributed by atoms with Crippen LogP contribution in [0, 0.1) is 0 Å². The van der Waals surface area contributed by atoms with E-state index >= 15 is 0 Å². The van der Waals surface area contributed by atoms with Gasteiger partial charge in [0.1, 0.15) is 0 Å². The standard InChI is InChI=1S/C15H17ClS2/c16-13(10-12-6-4-8-17-12)15-9-11-5-2-1-3-7-14(11)18-15/h4,6,8-9,13H,1-3,5,7,10H2. The highest BCUT2D eigenvalue weighted by Gasteiger charge is 2.17. The summed E-state index contributed by atoms with van der Waals surface area (Å²) in [6.07, 6.45) is 7.58. The van der Waals surface area contributed by atoms with E-state index in [9.17, 15) is 0 Å². The van der Waals surface area contributed by atoms with Crippen LogP contribution in [0.3, 0.4) is 0 Å². The maximum absolute atomic E-state index is 6.58. The van der Waals surface area contributed by atoms with Crippen molar-refractivity contribution in [3.63, 3.8) is 0 Å². The summed E-state index contributed by atoms with van der Waals surface area (Å²) in [6.45, 7) is 0. The van der Waals surface area contributed by atoms with E-state index < -0.39 is 0 Å². The largest absolute Gasteiger partial charge is 0.149 e.